The molecule has 9 aromatic rings. The zero-order valence-electron chi connectivity index (χ0n) is 27.3. The number of aryl methyl sites for hydroxylation is 1. The zero-order chi connectivity index (χ0) is 32.7. The summed E-state index contributed by atoms with van der Waals surface area (Å²) >= 11 is 0. The van der Waals surface area contributed by atoms with E-state index in [-0.39, 0.29) is 0 Å². The number of imidazole rings is 1. The molecule has 0 N–H and O–H groups in total. The first-order valence-corrected chi connectivity index (χ1v) is 17.0. The van der Waals surface area contributed by atoms with E-state index in [0.29, 0.717) is 0 Å². The summed E-state index contributed by atoms with van der Waals surface area (Å²) in [7, 11) is 0. The normalized spacial score (nSPS) is 11.4. The highest BCUT2D eigenvalue weighted by atomic mass is 15.1. The quantitative estimate of drug-likeness (QED) is 0.168. The molecule has 1 heterocycles. The van der Waals surface area contributed by atoms with Gasteiger partial charge in [0.15, 0.2) is 0 Å². The van der Waals surface area contributed by atoms with E-state index in [1.165, 1.54) is 66.1 Å². The molecule has 0 aliphatic carbocycles. The maximum Gasteiger partial charge on any atom is 0.114 e. The second-order valence-corrected chi connectivity index (χ2v) is 12.6. The Balaban J connectivity index is 1.23. The van der Waals surface area contributed by atoms with Gasteiger partial charge in [0, 0.05) is 12.0 Å². The first-order valence-electron chi connectivity index (χ1n) is 17.0. The Morgan fingerprint density at radius 1 is 0.408 bits per heavy atom. The molecule has 1 aromatic heterocycles. The smallest absolute Gasteiger partial charge is 0.114 e. The molecule has 0 fully saturated rings. The van der Waals surface area contributed by atoms with Crippen molar-refractivity contribution in [1.29, 1.82) is 0 Å². The Morgan fingerprint density at radius 3 is 1.57 bits per heavy atom. The second-order valence-electron chi connectivity index (χ2n) is 12.6. The molecule has 0 unspecified atom stereocenters. The third kappa shape index (κ3) is 4.84. The van der Waals surface area contributed by atoms with Crippen LogP contribution in [-0.4, -0.2) is 9.55 Å². The lowest BCUT2D eigenvalue weighted by Gasteiger charge is -2.20. The molecule has 0 aliphatic rings. The fraction of sp³-hybridized carbons (Fsp3) is 0.0426. The largest absolute Gasteiger partial charge is 0.296 e. The summed E-state index contributed by atoms with van der Waals surface area (Å²) in [6, 6.07) is 63.6. The minimum absolute atomic E-state index is 0.855. The van der Waals surface area contributed by atoms with E-state index in [1.807, 2.05) is 0 Å². The molecule has 232 valence electrons. The Bertz CT molecular complexity index is 2570. The fourth-order valence-corrected chi connectivity index (χ4v) is 7.61. The molecule has 0 atom stereocenters. The van der Waals surface area contributed by atoms with Gasteiger partial charge in [-0.15, -0.1) is 0 Å². The summed E-state index contributed by atoms with van der Waals surface area (Å²) in [4.78, 5) is 4.97. The van der Waals surface area contributed by atoms with Gasteiger partial charge >= 0.3 is 0 Å². The van der Waals surface area contributed by atoms with Gasteiger partial charge in [-0.2, -0.15) is 0 Å². The van der Waals surface area contributed by atoms with Gasteiger partial charge in [-0.1, -0.05) is 165 Å². The van der Waals surface area contributed by atoms with Crippen LogP contribution in [0.25, 0.3) is 82.8 Å². The van der Waals surface area contributed by atoms with Crippen LogP contribution in [0.5, 0.6) is 0 Å². The average molecular weight is 627 g/mol. The fourth-order valence-electron chi connectivity index (χ4n) is 7.61. The number of rotatable bonds is 6. The van der Waals surface area contributed by atoms with E-state index in [9.17, 15) is 0 Å². The summed E-state index contributed by atoms with van der Waals surface area (Å²) in [6.45, 7) is 2.18. The first kappa shape index (κ1) is 28.9. The maximum absolute atomic E-state index is 4.97. The number of benzene rings is 8. The highest BCUT2D eigenvalue weighted by molar-refractivity contribution is 6.22. The molecule has 9 rings (SSSR count). The van der Waals surface area contributed by atoms with Crippen molar-refractivity contribution in [3.63, 3.8) is 0 Å². The van der Waals surface area contributed by atoms with E-state index in [4.69, 9.17) is 4.98 Å². The molecular weight excluding hydrogens is 593 g/mol. The highest BCUT2D eigenvalue weighted by Crippen LogP contribution is 2.46. The van der Waals surface area contributed by atoms with Crippen LogP contribution < -0.4 is 0 Å². The molecule has 0 saturated heterocycles. The van der Waals surface area contributed by atoms with Gasteiger partial charge in [0.05, 0.1) is 16.7 Å². The molecule has 0 bridgehead atoms. The molecular formula is C47H34N2. The summed E-state index contributed by atoms with van der Waals surface area (Å²) in [5.74, 6) is 1.07. The van der Waals surface area contributed by atoms with Crippen LogP contribution in [0.3, 0.4) is 0 Å². The zero-order valence-corrected chi connectivity index (χ0v) is 27.3. The van der Waals surface area contributed by atoms with Crippen LogP contribution in [0.2, 0.25) is 0 Å². The number of fused-ring (bicyclic) bond motifs is 3. The van der Waals surface area contributed by atoms with E-state index < -0.39 is 0 Å². The van der Waals surface area contributed by atoms with Crippen LogP contribution in [0.15, 0.2) is 176 Å². The molecule has 2 heteroatoms. The maximum atomic E-state index is 4.97. The first-order chi connectivity index (χ1) is 24.3. The number of hydrogen-bond donors (Lipinski definition) is 0. The van der Waals surface area contributed by atoms with Gasteiger partial charge in [-0.05, 0) is 78.7 Å². The van der Waals surface area contributed by atoms with E-state index in [1.54, 1.807) is 0 Å². The molecule has 8 aromatic carbocycles. The Morgan fingerprint density at radius 2 is 0.898 bits per heavy atom. The predicted molar refractivity (Wildman–Crippen MR) is 207 cm³/mol. The lowest BCUT2D eigenvalue weighted by Crippen LogP contribution is -2.02. The summed E-state index contributed by atoms with van der Waals surface area (Å²) < 4.78 is 2.33. The van der Waals surface area contributed by atoms with Crippen molar-refractivity contribution in [3.05, 3.63) is 182 Å². The third-order valence-corrected chi connectivity index (χ3v) is 9.79. The van der Waals surface area contributed by atoms with Crippen molar-refractivity contribution in [2.75, 3.05) is 0 Å². The van der Waals surface area contributed by atoms with Crippen molar-refractivity contribution < 1.29 is 0 Å². The predicted octanol–water partition coefficient (Wildman–Crippen LogP) is 12.6. The number of para-hydroxylation sites is 3. The van der Waals surface area contributed by atoms with Gasteiger partial charge in [-0.3, -0.25) is 4.57 Å². The Labute approximate surface area is 286 Å². The molecule has 49 heavy (non-hydrogen) atoms. The molecule has 0 radical (unpaired) electrons. The summed E-state index contributed by atoms with van der Waals surface area (Å²) in [5, 5.41) is 5.02. The van der Waals surface area contributed by atoms with Crippen molar-refractivity contribution >= 4 is 32.6 Å². The molecule has 2 nitrogen and oxygen atoms in total. The van der Waals surface area contributed by atoms with Gasteiger partial charge in [0.25, 0.3) is 0 Å². The lowest BCUT2D eigenvalue weighted by molar-refractivity contribution is 0.909. The van der Waals surface area contributed by atoms with Crippen LogP contribution in [0, 0.1) is 0 Å². The number of aromatic nitrogens is 2. The second kappa shape index (κ2) is 12.1. The summed E-state index contributed by atoms with van der Waals surface area (Å²) in [5.41, 5.74) is 13.1. The van der Waals surface area contributed by atoms with Gasteiger partial charge in [-0.25, -0.2) is 4.98 Å². The van der Waals surface area contributed by atoms with Crippen molar-refractivity contribution in [2.24, 2.45) is 0 Å². The molecule has 0 saturated carbocycles. The SMILES string of the molecule is CCc1nc2ccccc2n1-c1ccccc1-c1ccc(-c2c3ccccc3c(-c3ccccc3-c3ccccc3)c3ccccc23)cc1. The van der Waals surface area contributed by atoms with E-state index in [2.05, 4.69) is 187 Å². The van der Waals surface area contributed by atoms with Crippen LogP contribution >= 0.6 is 0 Å². The van der Waals surface area contributed by atoms with E-state index >= 15 is 0 Å². The van der Waals surface area contributed by atoms with Crippen LogP contribution in [0.1, 0.15) is 12.7 Å². The van der Waals surface area contributed by atoms with Crippen molar-refractivity contribution in [1.82, 2.24) is 9.55 Å². The lowest BCUT2D eigenvalue weighted by atomic mass is 9.83. The molecule has 0 amide bonds. The minimum atomic E-state index is 0.855. The van der Waals surface area contributed by atoms with E-state index in [0.717, 1.165) is 29.0 Å². The Hall–Kier alpha value is -6.25. The standard InChI is InChI=1S/C47H34N2/c1-2-45-48-42-25-13-15-27-44(42)49(45)43-26-14-12-19-36(43)33-28-30-34(31-29-33)46-38-21-8-10-23-40(38)47(41-24-11-9-22-39(41)46)37-20-7-6-18-35(37)32-16-4-3-5-17-32/h3-31H,2H2,1H3. The number of hydrogen-bond acceptors (Lipinski definition) is 1. The van der Waals surface area contributed by atoms with Crippen molar-refractivity contribution in [3.8, 4) is 50.2 Å². The van der Waals surface area contributed by atoms with Crippen LogP contribution in [0.4, 0.5) is 0 Å². The monoisotopic (exact) mass is 626 g/mol. The Kier molecular flexibility index (Phi) is 7.13. The third-order valence-electron chi connectivity index (χ3n) is 9.79. The van der Waals surface area contributed by atoms with Crippen LogP contribution in [-0.2, 0) is 6.42 Å². The average Bonchev–Trinajstić information content (AvgIpc) is 3.56. The highest BCUT2D eigenvalue weighted by Gasteiger charge is 2.19. The number of nitrogens with zero attached hydrogens (tertiary/aromatic N) is 2. The molecule has 0 aliphatic heterocycles. The summed E-state index contributed by atoms with van der Waals surface area (Å²) in [6.07, 6.45) is 0.855. The topological polar surface area (TPSA) is 17.8 Å². The molecule has 0 spiro atoms. The van der Waals surface area contributed by atoms with Crippen molar-refractivity contribution in [2.45, 2.75) is 13.3 Å². The van der Waals surface area contributed by atoms with Gasteiger partial charge in [0.1, 0.15) is 5.82 Å². The minimum Gasteiger partial charge on any atom is -0.296 e. The van der Waals surface area contributed by atoms with Gasteiger partial charge in [0.2, 0.25) is 0 Å². The van der Waals surface area contributed by atoms with Gasteiger partial charge < -0.3 is 0 Å².